The molecule has 180 valence electrons. The zero-order valence-corrected chi connectivity index (χ0v) is 20.1. The first kappa shape index (κ1) is 24.7. The van der Waals surface area contributed by atoms with Gasteiger partial charge in [0.1, 0.15) is 0 Å². The van der Waals surface area contributed by atoms with Crippen LogP contribution in [0.5, 0.6) is 0 Å². The maximum atomic E-state index is 12.5. The van der Waals surface area contributed by atoms with E-state index in [0.717, 1.165) is 22.3 Å². The van der Waals surface area contributed by atoms with Gasteiger partial charge in [0.05, 0.1) is 0 Å². The van der Waals surface area contributed by atoms with E-state index in [1.165, 1.54) is 12.2 Å². The molecule has 0 aromatic heterocycles. The molecule has 4 aromatic rings. The molecule has 0 aliphatic carbocycles. The van der Waals surface area contributed by atoms with Gasteiger partial charge in [-0.1, -0.05) is 121 Å². The van der Waals surface area contributed by atoms with E-state index in [9.17, 15) is 9.59 Å². The highest BCUT2D eigenvalue weighted by Crippen LogP contribution is 2.24. The van der Waals surface area contributed by atoms with Gasteiger partial charge in [0, 0.05) is 37.1 Å². The molecule has 0 spiro atoms. The van der Waals surface area contributed by atoms with Crippen LogP contribution in [0.15, 0.2) is 133 Å². The second kappa shape index (κ2) is 12.9. The van der Waals surface area contributed by atoms with Crippen molar-refractivity contribution in [3.8, 4) is 0 Å². The SMILES string of the molecule is O=C(C=CC(=O)NCC(c1ccccc1)c1ccccc1)NCC(c1ccccc1)c1ccccc1. The summed E-state index contributed by atoms with van der Waals surface area (Å²) in [5.41, 5.74) is 4.49. The molecule has 0 aliphatic heterocycles. The fraction of sp³-hybridized carbons (Fsp3) is 0.125. The summed E-state index contributed by atoms with van der Waals surface area (Å²) >= 11 is 0. The van der Waals surface area contributed by atoms with Gasteiger partial charge in [-0.2, -0.15) is 0 Å². The van der Waals surface area contributed by atoms with Crippen molar-refractivity contribution in [1.82, 2.24) is 10.6 Å². The fourth-order valence-corrected chi connectivity index (χ4v) is 4.27. The average Bonchev–Trinajstić information content (AvgIpc) is 2.94. The maximum absolute atomic E-state index is 12.5. The Morgan fingerprint density at radius 3 is 0.972 bits per heavy atom. The molecule has 4 nitrogen and oxygen atoms in total. The third-order valence-corrected chi connectivity index (χ3v) is 6.15. The number of benzene rings is 4. The van der Waals surface area contributed by atoms with Gasteiger partial charge >= 0.3 is 0 Å². The number of nitrogens with one attached hydrogen (secondary N) is 2. The summed E-state index contributed by atoms with van der Waals surface area (Å²) in [6.07, 6.45) is 2.59. The second-order valence-electron chi connectivity index (χ2n) is 8.57. The molecular weight excluding hydrogens is 444 g/mol. The van der Waals surface area contributed by atoms with Gasteiger partial charge in [0.2, 0.25) is 11.8 Å². The van der Waals surface area contributed by atoms with Crippen LogP contribution < -0.4 is 10.6 Å². The molecule has 4 heteroatoms. The summed E-state index contributed by atoms with van der Waals surface area (Å²) in [5.74, 6) is -0.554. The van der Waals surface area contributed by atoms with Crippen LogP contribution in [-0.2, 0) is 9.59 Å². The van der Waals surface area contributed by atoms with Crippen molar-refractivity contribution in [2.45, 2.75) is 11.8 Å². The molecule has 2 N–H and O–H groups in total. The number of rotatable bonds is 10. The molecule has 4 rings (SSSR count). The summed E-state index contributed by atoms with van der Waals surface area (Å²) in [6.45, 7) is 0.867. The summed E-state index contributed by atoms with van der Waals surface area (Å²) < 4.78 is 0. The van der Waals surface area contributed by atoms with Gasteiger partial charge in [0.15, 0.2) is 0 Å². The van der Waals surface area contributed by atoms with Crippen LogP contribution in [0.25, 0.3) is 0 Å². The van der Waals surface area contributed by atoms with Crippen molar-refractivity contribution in [3.63, 3.8) is 0 Å². The number of carbonyl (C=O) groups is 2. The van der Waals surface area contributed by atoms with Crippen molar-refractivity contribution in [3.05, 3.63) is 156 Å². The fourth-order valence-electron chi connectivity index (χ4n) is 4.27. The van der Waals surface area contributed by atoms with Crippen LogP contribution in [0.4, 0.5) is 0 Å². The first-order valence-corrected chi connectivity index (χ1v) is 12.1. The molecule has 4 aromatic carbocycles. The predicted octanol–water partition coefficient (Wildman–Crippen LogP) is 5.44. The molecule has 0 atom stereocenters. The van der Waals surface area contributed by atoms with Gasteiger partial charge in [-0.05, 0) is 22.3 Å². The average molecular weight is 475 g/mol. The summed E-state index contributed by atoms with van der Waals surface area (Å²) in [7, 11) is 0. The van der Waals surface area contributed by atoms with Crippen LogP contribution in [-0.4, -0.2) is 24.9 Å². The Kier molecular flexibility index (Phi) is 8.82. The topological polar surface area (TPSA) is 58.2 Å². The molecule has 2 amide bonds. The standard InChI is InChI=1S/C32H30N2O2/c35-31(33-23-29(25-13-5-1-6-14-25)26-15-7-2-8-16-26)21-22-32(36)34-24-30(27-17-9-3-10-18-27)28-19-11-4-12-20-28/h1-22,29-30H,23-24H2,(H,33,35)(H,34,36). The molecular formula is C32H30N2O2. The molecule has 0 radical (unpaired) electrons. The zero-order valence-electron chi connectivity index (χ0n) is 20.1. The molecule has 0 heterocycles. The molecule has 0 saturated heterocycles. The van der Waals surface area contributed by atoms with E-state index in [0.29, 0.717) is 13.1 Å². The van der Waals surface area contributed by atoms with Crippen molar-refractivity contribution in [2.75, 3.05) is 13.1 Å². The summed E-state index contributed by atoms with van der Waals surface area (Å²) in [6, 6.07) is 40.3. The van der Waals surface area contributed by atoms with Crippen LogP contribution >= 0.6 is 0 Å². The lowest BCUT2D eigenvalue weighted by Crippen LogP contribution is -2.29. The van der Waals surface area contributed by atoms with Crippen LogP contribution in [0.3, 0.4) is 0 Å². The van der Waals surface area contributed by atoms with E-state index < -0.39 is 0 Å². The quantitative estimate of drug-likeness (QED) is 0.301. The minimum Gasteiger partial charge on any atom is -0.352 e. The number of hydrogen-bond acceptors (Lipinski definition) is 2. The van der Waals surface area contributed by atoms with E-state index in [2.05, 4.69) is 59.2 Å². The van der Waals surface area contributed by atoms with Crippen molar-refractivity contribution >= 4 is 11.8 Å². The molecule has 0 unspecified atom stereocenters. The third kappa shape index (κ3) is 7.03. The van der Waals surface area contributed by atoms with Crippen molar-refractivity contribution in [1.29, 1.82) is 0 Å². The monoisotopic (exact) mass is 474 g/mol. The Hall–Kier alpha value is -4.44. The molecule has 0 fully saturated rings. The number of amides is 2. The highest BCUT2D eigenvalue weighted by atomic mass is 16.2. The number of carbonyl (C=O) groups excluding carboxylic acids is 2. The summed E-state index contributed by atoms with van der Waals surface area (Å²) in [5, 5.41) is 5.89. The summed E-state index contributed by atoms with van der Waals surface area (Å²) in [4.78, 5) is 25.0. The Labute approximate surface area is 212 Å². The van der Waals surface area contributed by atoms with Gasteiger partial charge in [-0.25, -0.2) is 0 Å². The minimum absolute atomic E-state index is 0.0241. The number of hydrogen-bond donors (Lipinski definition) is 2. The van der Waals surface area contributed by atoms with Gasteiger partial charge in [0.25, 0.3) is 0 Å². The van der Waals surface area contributed by atoms with E-state index in [4.69, 9.17) is 0 Å². The predicted molar refractivity (Wildman–Crippen MR) is 145 cm³/mol. The van der Waals surface area contributed by atoms with Crippen molar-refractivity contribution < 1.29 is 9.59 Å². The zero-order chi connectivity index (χ0) is 25.0. The highest BCUT2D eigenvalue weighted by Gasteiger charge is 2.16. The first-order chi connectivity index (χ1) is 17.7. The van der Waals surface area contributed by atoms with Gasteiger partial charge in [-0.3, -0.25) is 9.59 Å². The lowest BCUT2D eigenvalue weighted by molar-refractivity contribution is -0.118. The Balaban J connectivity index is 1.35. The molecule has 0 bridgehead atoms. The van der Waals surface area contributed by atoms with E-state index in [-0.39, 0.29) is 23.7 Å². The Morgan fingerprint density at radius 1 is 0.472 bits per heavy atom. The largest absolute Gasteiger partial charge is 0.352 e. The van der Waals surface area contributed by atoms with Gasteiger partial charge < -0.3 is 10.6 Å². The van der Waals surface area contributed by atoms with Gasteiger partial charge in [-0.15, -0.1) is 0 Å². The Morgan fingerprint density at radius 2 is 0.722 bits per heavy atom. The highest BCUT2D eigenvalue weighted by molar-refractivity contribution is 5.96. The third-order valence-electron chi connectivity index (χ3n) is 6.15. The van der Waals surface area contributed by atoms with E-state index in [1.807, 2.05) is 72.8 Å². The first-order valence-electron chi connectivity index (χ1n) is 12.1. The minimum atomic E-state index is -0.301. The Bertz CT molecular complexity index is 1080. The maximum Gasteiger partial charge on any atom is 0.244 e. The van der Waals surface area contributed by atoms with Crippen LogP contribution in [0, 0.1) is 0 Å². The van der Waals surface area contributed by atoms with Crippen molar-refractivity contribution in [2.24, 2.45) is 0 Å². The second-order valence-corrected chi connectivity index (χ2v) is 8.57. The normalized spacial score (nSPS) is 11.1. The molecule has 0 aliphatic rings. The van der Waals surface area contributed by atoms with E-state index >= 15 is 0 Å². The smallest absolute Gasteiger partial charge is 0.244 e. The molecule has 0 saturated carbocycles. The van der Waals surface area contributed by atoms with Crippen LogP contribution in [0.2, 0.25) is 0 Å². The lowest BCUT2D eigenvalue weighted by atomic mass is 9.91. The lowest BCUT2D eigenvalue weighted by Gasteiger charge is -2.18. The van der Waals surface area contributed by atoms with Crippen LogP contribution in [0.1, 0.15) is 34.1 Å². The molecule has 36 heavy (non-hydrogen) atoms. The van der Waals surface area contributed by atoms with E-state index in [1.54, 1.807) is 0 Å².